The second kappa shape index (κ2) is 2.69. The summed E-state index contributed by atoms with van der Waals surface area (Å²) in [6, 6.07) is 6.02. The summed E-state index contributed by atoms with van der Waals surface area (Å²) < 4.78 is 25.9. The van der Waals surface area contributed by atoms with Crippen LogP contribution in [0.3, 0.4) is 0 Å². The van der Waals surface area contributed by atoms with E-state index in [1.807, 2.05) is 0 Å². The molecule has 0 spiro atoms. The molecular weight excluding hydrogens is 174 g/mol. The van der Waals surface area contributed by atoms with Crippen molar-refractivity contribution in [2.75, 3.05) is 0 Å². The fourth-order valence-corrected chi connectivity index (χ4v) is 1.62. The monoisotopic (exact) mass is 184 g/mol. The summed E-state index contributed by atoms with van der Waals surface area (Å²) in [4.78, 5) is 0. The van der Waals surface area contributed by atoms with Gasteiger partial charge in [0.25, 0.3) is 5.92 Å². The van der Waals surface area contributed by atoms with Crippen LogP contribution in [0.2, 0.25) is 0 Å². The van der Waals surface area contributed by atoms with Crippen molar-refractivity contribution in [1.29, 1.82) is 0 Å². The summed E-state index contributed by atoms with van der Waals surface area (Å²) in [5.74, 6) is -3.07. The highest BCUT2D eigenvalue weighted by atomic mass is 19.3. The molecule has 0 aliphatic heterocycles. The molecule has 0 aromatic heterocycles. The molecule has 13 heavy (non-hydrogen) atoms. The minimum absolute atomic E-state index is 0.0153. The molecule has 70 valence electrons. The lowest BCUT2D eigenvalue weighted by Gasteiger charge is -2.36. The van der Waals surface area contributed by atoms with Gasteiger partial charge in [0.1, 0.15) is 5.75 Å². The summed E-state index contributed by atoms with van der Waals surface area (Å²) in [5, 5.41) is 8.97. The molecule has 1 N–H and O–H groups in total. The minimum Gasteiger partial charge on any atom is -0.508 e. The molecule has 1 saturated carbocycles. The molecule has 1 aromatic rings. The van der Waals surface area contributed by atoms with Crippen molar-refractivity contribution in [1.82, 2.24) is 0 Å². The van der Waals surface area contributed by atoms with Crippen LogP contribution in [0.5, 0.6) is 5.75 Å². The van der Waals surface area contributed by atoms with Gasteiger partial charge < -0.3 is 5.11 Å². The SMILES string of the molecule is Oc1ccc(C2CCC2(F)F)cc1. The van der Waals surface area contributed by atoms with E-state index in [1.54, 1.807) is 12.1 Å². The fourth-order valence-electron chi connectivity index (χ4n) is 1.62. The quantitative estimate of drug-likeness (QED) is 0.711. The van der Waals surface area contributed by atoms with E-state index in [9.17, 15) is 8.78 Å². The molecule has 1 aromatic carbocycles. The first-order valence-corrected chi connectivity index (χ1v) is 4.26. The number of halogens is 2. The second-order valence-corrected chi connectivity index (χ2v) is 3.44. The third-order valence-corrected chi connectivity index (χ3v) is 2.57. The zero-order chi connectivity index (χ0) is 9.47. The normalized spacial score (nSPS) is 25.2. The van der Waals surface area contributed by atoms with Crippen LogP contribution in [0.1, 0.15) is 24.3 Å². The summed E-state index contributed by atoms with van der Waals surface area (Å²) in [6.07, 6.45) is 0.524. The number of hydrogen-bond acceptors (Lipinski definition) is 1. The zero-order valence-electron chi connectivity index (χ0n) is 7.00. The Morgan fingerprint density at radius 2 is 1.85 bits per heavy atom. The Kier molecular flexibility index (Phi) is 1.75. The van der Waals surface area contributed by atoms with Crippen LogP contribution in [-0.2, 0) is 0 Å². The van der Waals surface area contributed by atoms with E-state index in [0.717, 1.165) is 0 Å². The van der Waals surface area contributed by atoms with Gasteiger partial charge >= 0.3 is 0 Å². The van der Waals surface area contributed by atoms with Crippen LogP contribution < -0.4 is 0 Å². The predicted octanol–water partition coefficient (Wildman–Crippen LogP) is 2.90. The highest BCUT2D eigenvalue weighted by Gasteiger charge is 2.48. The van der Waals surface area contributed by atoms with E-state index in [1.165, 1.54) is 12.1 Å². The van der Waals surface area contributed by atoms with Gasteiger partial charge in [-0.25, -0.2) is 8.78 Å². The van der Waals surface area contributed by atoms with Crippen molar-refractivity contribution in [2.45, 2.75) is 24.7 Å². The van der Waals surface area contributed by atoms with Crippen molar-refractivity contribution in [3.05, 3.63) is 29.8 Å². The highest BCUT2D eigenvalue weighted by Crippen LogP contribution is 2.49. The summed E-state index contributed by atoms with van der Waals surface area (Å²) in [7, 11) is 0. The van der Waals surface area contributed by atoms with Gasteiger partial charge in [-0.15, -0.1) is 0 Å². The Balaban J connectivity index is 2.22. The number of phenols is 1. The number of alkyl halides is 2. The van der Waals surface area contributed by atoms with Crippen LogP contribution in [0.4, 0.5) is 8.78 Å². The third kappa shape index (κ3) is 1.39. The topological polar surface area (TPSA) is 20.2 Å². The van der Waals surface area contributed by atoms with Gasteiger partial charge in [-0.3, -0.25) is 0 Å². The van der Waals surface area contributed by atoms with Crippen LogP contribution in [0.15, 0.2) is 24.3 Å². The van der Waals surface area contributed by atoms with Gasteiger partial charge in [0.05, 0.1) is 0 Å². The average molecular weight is 184 g/mol. The average Bonchev–Trinajstić information content (AvgIpc) is 2.07. The second-order valence-electron chi connectivity index (χ2n) is 3.44. The number of aromatic hydroxyl groups is 1. The standard InChI is InChI=1S/C10H10F2O/c11-10(12)6-5-9(10)7-1-3-8(13)4-2-7/h1-4,9,13H,5-6H2. The smallest absolute Gasteiger partial charge is 0.254 e. The van der Waals surface area contributed by atoms with Crippen LogP contribution >= 0.6 is 0 Å². The van der Waals surface area contributed by atoms with Crippen molar-refractivity contribution in [3.63, 3.8) is 0 Å². The van der Waals surface area contributed by atoms with Crippen molar-refractivity contribution in [2.24, 2.45) is 0 Å². The van der Waals surface area contributed by atoms with Crippen LogP contribution in [0, 0.1) is 0 Å². The lowest BCUT2D eigenvalue weighted by Crippen LogP contribution is -2.36. The molecule has 0 saturated heterocycles. The van der Waals surface area contributed by atoms with Gasteiger partial charge in [-0.05, 0) is 24.1 Å². The fraction of sp³-hybridized carbons (Fsp3) is 0.400. The highest BCUT2D eigenvalue weighted by molar-refractivity contribution is 5.31. The molecular formula is C10H10F2O. The Hall–Kier alpha value is -1.12. The van der Waals surface area contributed by atoms with Crippen LogP contribution in [0.25, 0.3) is 0 Å². The van der Waals surface area contributed by atoms with Crippen molar-refractivity contribution in [3.8, 4) is 5.75 Å². The number of rotatable bonds is 1. The molecule has 0 radical (unpaired) electrons. The number of phenolic OH excluding ortho intramolecular Hbond substituents is 1. The minimum atomic E-state index is -2.54. The largest absolute Gasteiger partial charge is 0.508 e. The molecule has 0 heterocycles. The van der Waals surface area contributed by atoms with Gasteiger partial charge in [-0.2, -0.15) is 0 Å². The maximum Gasteiger partial charge on any atom is 0.254 e. The zero-order valence-corrected chi connectivity index (χ0v) is 7.00. The predicted molar refractivity (Wildman–Crippen MR) is 45.0 cm³/mol. The molecule has 1 atom stereocenters. The summed E-state index contributed by atoms with van der Waals surface area (Å²) in [5.41, 5.74) is 0.619. The van der Waals surface area contributed by atoms with E-state index in [2.05, 4.69) is 0 Å². The molecule has 1 aliphatic carbocycles. The molecule has 2 rings (SSSR count). The maximum atomic E-state index is 12.9. The van der Waals surface area contributed by atoms with E-state index >= 15 is 0 Å². The maximum absolute atomic E-state index is 12.9. The molecule has 1 nitrogen and oxygen atoms in total. The van der Waals surface area contributed by atoms with Crippen LogP contribution in [-0.4, -0.2) is 11.0 Å². The molecule has 0 amide bonds. The molecule has 3 heteroatoms. The molecule has 1 unspecified atom stereocenters. The van der Waals surface area contributed by atoms with Gasteiger partial charge in [0.15, 0.2) is 0 Å². The van der Waals surface area contributed by atoms with E-state index < -0.39 is 11.8 Å². The summed E-state index contributed by atoms with van der Waals surface area (Å²) in [6.45, 7) is 0. The summed E-state index contributed by atoms with van der Waals surface area (Å²) >= 11 is 0. The van der Waals surface area contributed by atoms with Gasteiger partial charge in [-0.1, -0.05) is 12.1 Å². The van der Waals surface area contributed by atoms with Gasteiger partial charge in [0.2, 0.25) is 0 Å². The van der Waals surface area contributed by atoms with E-state index in [-0.39, 0.29) is 12.2 Å². The molecule has 1 fully saturated rings. The lowest BCUT2D eigenvalue weighted by molar-refractivity contribution is -0.0962. The number of benzene rings is 1. The van der Waals surface area contributed by atoms with E-state index in [0.29, 0.717) is 12.0 Å². The first-order valence-electron chi connectivity index (χ1n) is 4.26. The first-order chi connectivity index (χ1) is 6.09. The number of hydrogen-bond donors (Lipinski definition) is 1. The Morgan fingerprint density at radius 1 is 1.23 bits per heavy atom. The third-order valence-electron chi connectivity index (χ3n) is 2.57. The Morgan fingerprint density at radius 3 is 2.23 bits per heavy atom. The molecule has 0 bridgehead atoms. The van der Waals surface area contributed by atoms with Gasteiger partial charge in [0, 0.05) is 12.3 Å². The Labute approximate surface area is 75.0 Å². The molecule has 1 aliphatic rings. The van der Waals surface area contributed by atoms with Crippen molar-refractivity contribution < 1.29 is 13.9 Å². The lowest BCUT2D eigenvalue weighted by atomic mass is 9.76. The Bertz CT molecular complexity index is 305. The van der Waals surface area contributed by atoms with E-state index in [4.69, 9.17) is 5.11 Å². The first kappa shape index (κ1) is 8.48. The van der Waals surface area contributed by atoms with Crippen molar-refractivity contribution >= 4 is 0 Å².